The van der Waals surface area contributed by atoms with Crippen molar-refractivity contribution in [2.24, 2.45) is 0 Å². The number of carboxylic acids is 1. The van der Waals surface area contributed by atoms with Crippen LogP contribution in [0.1, 0.15) is 29.6 Å². The fourth-order valence-corrected chi connectivity index (χ4v) is 1.99. The van der Waals surface area contributed by atoms with E-state index in [4.69, 9.17) is 5.11 Å². The Morgan fingerprint density at radius 3 is 2.83 bits per heavy atom. The van der Waals surface area contributed by atoms with Gasteiger partial charge in [-0.25, -0.2) is 4.79 Å². The van der Waals surface area contributed by atoms with Crippen molar-refractivity contribution in [2.75, 3.05) is 0 Å². The lowest BCUT2D eigenvalue weighted by molar-refractivity contribution is -0.150. The number of pyridine rings is 1. The van der Waals surface area contributed by atoms with Gasteiger partial charge in [0.05, 0.1) is 5.56 Å². The third kappa shape index (κ3) is 2.22. The average Bonchev–Trinajstić information content (AvgIpc) is 2.38. The first-order chi connectivity index (χ1) is 8.61. The van der Waals surface area contributed by atoms with Gasteiger partial charge in [0, 0.05) is 18.8 Å². The Labute approximate surface area is 103 Å². The average molecular weight is 248 g/mol. The van der Waals surface area contributed by atoms with E-state index in [0.29, 0.717) is 12.8 Å². The lowest BCUT2D eigenvalue weighted by atomic mass is 10.0. The Kier molecular flexibility index (Phi) is 3.36. The van der Waals surface area contributed by atoms with Crippen molar-refractivity contribution in [1.82, 2.24) is 9.88 Å². The molecule has 1 aliphatic rings. The van der Waals surface area contributed by atoms with E-state index in [-0.39, 0.29) is 12.0 Å². The lowest BCUT2D eigenvalue weighted by Crippen LogP contribution is -2.51. The summed E-state index contributed by atoms with van der Waals surface area (Å²) in [6, 6.07) is 2.01. The van der Waals surface area contributed by atoms with Crippen LogP contribution < -0.4 is 0 Å². The topological polar surface area (TPSA) is 87.6 Å². The molecular formula is C12H12N2O4. The molecule has 1 N–H and O–H groups in total. The molecule has 0 radical (unpaired) electrons. The van der Waals surface area contributed by atoms with Gasteiger partial charge in [-0.05, 0) is 25.0 Å². The van der Waals surface area contributed by atoms with E-state index < -0.39 is 23.8 Å². The molecule has 94 valence electrons. The Morgan fingerprint density at radius 1 is 1.44 bits per heavy atom. The molecule has 2 amide bonds. The lowest BCUT2D eigenvalue weighted by Gasteiger charge is -2.30. The van der Waals surface area contributed by atoms with E-state index in [1.165, 1.54) is 18.5 Å². The van der Waals surface area contributed by atoms with Gasteiger partial charge in [0.15, 0.2) is 0 Å². The number of carbonyl (C=O) groups is 3. The van der Waals surface area contributed by atoms with Crippen molar-refractivity contribution in [3.8, 4) is 0 Å². The summed E-state index contributed by atoms with van der Waals surface area (Å²) in [4.78, 5) is 39.6. The van der Waals surface area contributed by atoms with Gasteiger partial charge < -0.3 is 5.11 Å². The highest BCUT2D eigenvalue weighted by Crippen LogP contribution is 2.20. The third-order valence-electron chi connectivity index (χ3n) is 2.86. The number of nitrogens with zero attached hydrogens (tertiary/aromatic N) is 2. The minimum absolute atomic E-state index is 0.204. The molecule has 0 aromatic carbocycles. The third-order valence-corrected chi connectivity index (χ3v) is 2.86. The summed E-state index contributed by atoms with van der Waals surface area (Å²) < 4.78 is 0. The highest BCUT2D eigenvalue weighted by molar-refractivity contribution is 6.07. The van der Waals surface area contributed by atoms with Crippen LogP contribution in [0.15, 0.2) is 24.5 Å². The summed E-state index contributed by atoms with van der Waals surface area (Å²) in [5.74, 6) is -2.19. The highest BCUT2D eigenvalue weighted by Gasteiger charge is 2.37. The number of imide groups is 1. The molecule has 1 atom stereocenters. The van der Waals surface area contributed by atoms with E-state index in [2.05, 4.69) is 4.98 Å². The van der Waals surface area contributed by atoms with Crippen molar-refractivity contribution < 1.29 is 19.5 Å². The summed E-state index contributed by atoms with van der Waals surface area (Å²) in [6.45, 7) is 0. The first-order valence-corrected chi connectivity index (χ1v) is 5.60. The normalized spacial score (nSPS) is 19.7. The van der Waals surface area contributed by atoms with Crippen LogP contribution in [-0.4, -0.2) is 38.8 Å². The summed E-state index contributed by atoms with van der Waals surface area (Å²) >= 11 is 0. The number of hydrogen-bond acceptors (Lipinski definition) is 4. The van der Waals surface area contributed by atoms with Crippen molar-refractivity contribution >= 4 is 17.8 Å². The van der Waals surface area contributed by atoms with Gasteiger partial charge in [0.25, 0.3) is 5.91 Å². The summed E-state index contributed by atoms with van der Waals surface area (Å²) in [7, 11) is 0. The second-order valence-electron chi connectivity index (χ2n) is 4.06. The molecule has 1 aromatic heterocycles. The van der Waals surface area contributed by atoms with Crippen LogP contribution in [0.5, 0.6) is 0 Å². The predicted molar refractivity (Wildman–Crippen MR) is 60.7 cm³/mol. The molecule has 18 heavy (non-hydrogen) atoms. The zero-order chi connectivity index (χ0) is 13.1. The molecule has 0 aliphatic carbocycles. The van der Waals surface area contributed by atoms with Crippen LogP contribution in [-0.2, 0) is 9.59 Å². The molecule has 0 saturated carbocycles. The quantitative estimate of drug-likeness (QED) is 0.778. The van der Waals surface area contributed by atoms with Gasteiger partial charge in [-0.2, -0.15) is 0 Å². The Bertz CT molecular complexity index is 486. The van der Waals surface area contributed by atoms with Crippen molar-refractivity contribution in [1.29, 1.82) is 0 Å². The number of likely N-dealkylation sites (tertiary alicyclic amines) is 1. The molecule has 1 saturated heterocycles. The van der Waals surface area contributed by atoms with E-state index in [1.54, 1.807) is 6.07 Å². The molecule has 6 nitrogen and oxygen atoms in total. The summed E-state index contributed by atoms with van der Waals surface area (Å²) in [5, 5.41) is 9.06. The van der Waals surface area contributed by atoms with Crippen LogP contribution in [0.25, 0.3) is 0 Å². The van der Waals surface area contributed by atoms with Crippen LogP contribution in [0.3, 0.4) is 0 Å². The monoisotopic (exact) mass is 248 g/mol. The predicted octanol–water partition coefficient (Wildman–Crippen LogP) is 0.688. The molecule has 1 unspecified atom stereocenters. The van der Waals surface area contributed by atoms with Crippen LogP contribution in [0.4, 0.5) is 0 Å². The fourth-order valence-electron chi connectivity index (χ4n) is 1.99. The molecule has 2 rings (SSSR count). The number of aliphatic carboxylic acids is 1. The van der Waals surface area contributed by atoms with Crippen molar-refractivity contribution in [2.45, 2.75) is 25.3 Å². The Balaban J connectivity index is 2.31. The molecular weight excluding hydrogens is 236 g/mol. The highest BCUT2D eigenvalue weighted by atomic mass is 16.4. The number of piperidine rings is 1. The molecule has 1 aliphatic heterocycles. The van der Waals surface area contributed by atoms with E-state index in [1.807, 2.05) is 0 Å². The van der Waals surface area contributed by atoms with E-state index >= 15 is 0 Å². The zero-order valence-electron chi connectivity index (χ0n) is 9.57. The smallest absolute Gasteiger partial charge is 0.326 e. The standard InChI is InChI=1S/C12H12N2O4/c15-10-5-1-4-9(12(17)18)14(10)11(16)8-3-2-6-13-7-8/h2-3,6-7,9H,1,4-5H2,(H,17,18). The van der Waals surface area contributed by atoms with Gasteiger partial charge >= 0.3 is 5.97 Å². The minimum Gasteiger partial charge on any atom is -0.480 e. The van der Waals surface area contributed by atoms with Gasteiger partial charge in [-0.3, -0.25) is 19.5 Å². The summed E-state index contributed by atoms with van der Waals surface area (Å²) in [6.07, 6.45) is 3.82. The number of carboxylic acid groups (broad SMARTS) is 1. The molecule has 0 bridgehead atoms. The number of rotatable bonds is 2. The minimum atomic E-state index is -1.15. The Hall–Kier alpha value is -2.24. The van der Waals surface area contributed by atoms with Crippen molar-refractivity contribution in [3.63, 3.8) is 0 Å². The maximum atomic E-state index is 12.1. The first kappa shape index (κ1) is 12.2. The number of carbonyl (C=O) groups excluding carboxylic acids is 2. The second-order valence-corrected chi connectivity index (χ2v) is 4.06. The zero-order valence-corrected chi connectivity index (χ0v) is 9.57. The van der Waals surface area contributed by atoms with E-state index in [9.17, 15) is 14.4 Å². The number of hydrogen-bond donors (Lipinski definition) is 1. The molecule has 2 heterocycles. The molecule has 0 spiro atoms. The van der Waals surface area contributed by atoms with Crippen LogP contribution in [0.2, 0.25) is 0 Å². The largest absolute Gasteiger partial charge is 0.480 e. The first-order valence-electron chi connectivity index (χ1n) is 5.60. The maximum Gasteiger partial charge on any atom is 0.326 e. The molecule has 1 fully saturated rings. The van der Waals surface area contributed by atoms with Crippen LogP contribution >= 0.6 is 0 Å². The number of amides is 2. The maximum absolute atomic E-state index is 12.1. The van der Waals surface area contributed by atoms with Gasteiger partial charge in [0.2, 0.25) is 5.91 Å². The molecule has 6 heteroatoms. The van der Waals surface area contributed by atoms with Crippen LogP contribution in [0, 0.1) is 0 Å². The van der Waals surface area contributed by atoms with Crippen molar-refractivity contribution in [3.05, 3.63) is 30.1 Å². The fraction of sp³-hybridized carbons (Fsp3) is 0.333. The van der Waals surface area contributed by atoms with Gasteiger partial charge in [0.1, 0.15) is 6.04 Å². The van der Waals surface area contributed by atoms with Gasteiger partial charge in [-0.15, -0.1) is 0 Å². The van der Waals surface area contributed by atoms with Gasteiger partial charge in [-0.1, -0.05) is 0 Å². The second kappa shape index (κ2) is 4.95. The molecule has 1 aromatic rings. The van der Waals surface area contributed by atoms with E-state index in [0.717, 1.165) is 4.90 Å². The SMILES string of the molecule is O=C(O)C1CCCC(=O)N1C(=O)c1cccnc1. The Morgan fingerprint density at radius 2 is 2.22 bits per heavy atom. The summed E-state index contributed by atoms with van der Waals surface area (Å²) in [5.41, 5.74) is 0.221. The number of aromatic nitrogens is 1.